The fraction of sp³-hybridized carbons (Fsp3) is 0.222. The summed E-state index contributed by atoms with van der Waals surface area (Å²) in [4.78, 5) is 42.2. The number of nitrogens with one attached hydrogen (secondary N) is 2. The summed E-state index contributed by atoms with van der Waals surface area (Å²) in [5, 5.41) is 25.6. The molecule has 36 heavy (non-hydrogen) atoms. The molecule has 0 aliphatic carbocycles. The number of phenolic OH excluding ortho intramolecular Hbond substituents is 2. The van der Waals surface area contributed by atoms with Crippen LogP contribution in [0.25, 0.3) is 0 Å². The van der Waals surface area contributed by atoms with Gasteiger partial charge in [0.25, 0.3) is 0 Å². The average Bonchev–Trinajstić information content (AvgIpc) is 3.43. The molecule has 2 saturated heterocycles. The lowest BCUT2D eigenvalue weighted by Crippen LogP contribution is -2.53. The molecule has 3 aromatic carbocycles. The van der Waals surface area contributed by atoms with E-state index in [4.69, 9.17) is 0 Å². The number of amides is 3. The predicted octanol–water partition coefficient (Wildman–Crippen LogP) is 2.40. The highest BCUT2D eigenvalue weighted by molar-refractivity contribution is 6.15. The Kier molecular flexibility index (Phi) is 4.87. The van der Waals surface area contributed by atoms with Crippen LogP contribution in [0.15, 0.2) is 66.7 Å². The first kappa shape index (κ1) is 22.2. The summed E-state index contributed by atoms with van der Waals surface area (Å²) in [5.74, 6) is -4.56. The van der Waals surface area contributed by atoms with Crippen molar-refractivity contribution in [1.82, 2.24) is 10.2 Å². The molecule has 0 saturated carbocycles. The number of hydrogen-bond acceptors (Lipinski definition) is 6. The van der Waals surface area contributed by atoms with Gasteiger partial charge in [0.05, 0.1) is 18.4 Å². The molecule has 0 aromatic heterocycles. The van der Waals surface area contributed by atoms with Gasteiger partial charge in [-0.05, 0) is 47.9 Å². The van der Waals surface area contributed by atoms with Crippen LogP contribution in [0.2, 0.25) is 0 Å². The Hall–Kier alpha value is -4.24. The number of aromatic hydroxyl groups is 2. The number of carbonyl (C=O) groups is 3. The van der Waals surface area contributed by atoms with Crippen LogP contribution in [-0.2, 0) is 32.9 Å². The van der Waals surface area contributed by atoms with Crippen molar-refractivity contribution >= 4 is 23.4 Å². The molecule has 3 aliphatic rings. The van der Waals surface area contributed by atoms with Crippen LogP contribution < -0.4 is 10.6 Å². The molecule has 0 unspecified atom stereocenters. The summed E-state index contributed by atoms with van der Waals surface area (Å²) in [6.45, 7) is 0.0614. The van der Waals surface area contributed by atoms with E-state index < -0.39 is 47.0 Å². The quantitative estimate of drug-likeness (QED) is 0.332. The highest BCUT2D eigenvalue weighted by atomic mass is 19.1. The first-order chi connectivity index (χ1) is 17.3. The molecule has 6 rings (SSSR count). The third-order valence-electron chi connectivity index (χ3n) is 7.45. The number of nitrogens with zero attached hydrogens (tertiary/aromatic N) is 1. The first-order valence-corrected chi connectivity index (χ1v) is 11.6. The van der Waals surface area contributed by atoms with Gasteiger partial charge in [0.15, 0.2) is 11.5 Å². The van der Waals surface area contributed by atoms with Crippen molar-refractivity contribution in [3.05, 3.63) is 89.2 Å². The van der Waals surface area contributed by atoms with Crippen LogP contribution in [-0.4, -0.2) is 38.9 Å². The predicted molar refractivity (Wildman–Crippen MR) is 126 cm³/mol. The lowest BCUT2D eigenvalue weighted by molar-refractivity contribution is -0.143. The van der Waals surface area contributed by atoms with Gasteiger partial charge in [-0.15, -0.1) is 0 Å². The maximum atomic E-state index is 14.4. The fourth-order valence-corrected chi connectivity index (χ4v) is 5.88. The Balaban J connectivity index is 1.45. The third-order valence-corrected chi connectivity index (χ3v) is 7.45. The van der Waals surface area contributed by atoms with Crippen LogP contribution in [0, 0.1) is 17.7 Å². The highest BCUT2D eigenvalue weighted by Gasteiger charge is 2.70. The number of carbonyl (C=O) groups excluding carboxylic acids is 3. The second-order valence-electron chi connectivity index (χ2n) is 9.48. The number of anilines is 1. The monoisotopic (exact) mass is 487 g/mol. The summed E-state index contributed by atoms with van der Waals surface area (Å²) in [5.41, 5.74) is 0.421. The van der Waals surface area contributed by atoms with Crippen molar-refractivity contribution in [2.45, 2.75) is 24.5 Å². The van der Waals surface area contributed by atoms with E-state index in [9.17, 15) is 29.0 Å². The minimum absolute atomic E-state index is 0.0614. The minimum Gasteiger partial charge on any atom is -0.504 e. The zero-order valence-corrected chi connectivity index (χ0v) is 18.9. The molecular formula is C27H22FN3O5. The van der Waals surface area contributed by atoms with Crippen molar-refractivity contribution in [3.63, 3.8) is 0 Å². The van der Waals surface area contributed by atoms with Crippen molar-refractivity contribution in [2.24, 2.45) is 11.8 Å². The molecule has 2 fully saturated rings. The second-order valence-corrected chi connectivity index (χ2v) is 9.48. The standard InChI is InChI=1S/C27H22FN3O5/c28-16-7-8-18-17(12-16)27(26(36)29-18)23-22(19(30-27)10-15-6-9-20(32)21(33)11-15)24(34)31(25(23)35)13-14-4-2-1-3-5-14/h1-9,11-12,19,22-23,30,32-33H,10,13H2,(H,29,36)/t19-,22-,23+,27+/m1/s1. The molecule has 182 valence electrons. The van der Waals surface area contributed by atoms with E-state index in [2.05, 4.69) is 10.6 Å². The summed E-state index contributed by atoms with van der Waals surface area (Å²) in [6.07, 6.45) is 0.187. The first-order valence-electron chi connectivity index (χ1n) is 11.6. The molecule has 0 bridgehead atoms. The van der Waals surface area contributed by atoms with Crippen LogP contribution in [0.5, 0.6) is 11.5 Å². The van der Waals surface area contributed by atoms with E-state index in [0.717, 1.165) is 5.56 Å². The number of hydrogen-bond donors (Lipinski definition) is 4. The Morgan fingerprint density at radius 3 is 2.42 bits per heavy atom. The normalized spacial score (nSPS) is 26.4. The minimum atomic E-state index is -1.62. The van der Waals surface area contributed by atoms with Gasteiger partial charge >= 0.3 is 0 Å². The summed E-state index contributed by atoms with van der Waals surface area (Å²) >= 11 is 0. The Labute approximate surface area is 205 Å². The molecule has 0 radical (unpaired) electrons. The summed E-state index contributed by atoms with van der Waals surface area (Å²) in [7, 11) is 0. The zero-order valence-electron chi connectivity index (χ0n) is 18.9. The third kappa shape index (κ3) is 3.12. The summed E-state index contributed by atoms with van der Waals surface area (Å²) < 4.78 is 14.4. The van der Waals surface area contributed by atoms with Gasteiger partial charge in [0, 0.05) is 17.3 Å². The lowest BCUT2D eigenvalue weighted by Gasteiger charge is -2.29. The molecule has 4 N–H and O–H groups in total. The van der Waals surface area contributed by atoms with Gasteiger partial charge in [0.1, 0.15) is 11.4 Å². The number of phenols is 2. The maximum Gasteiger partial charge on any atom is 0.250 e. The highest BCUT2D eigenvalue weighted by Crippen LogP contribution is 2.53. The number of halogens is 1. The molecule has 3 aliphatic heterocycles. The van der Waals surface area contributed by atoms with Crippen molar-refractivity contribution in [2.75, 3.05) is 5.32 Å². The smallest absolute Gasteiger partial charge is 0.250 e. The van der Waals surface area contributed by atoms with E-state index >= 15 is 0 Å². The van der Waals surface area contributed by atoms with Crippen molar-refractivity contribution in [3.8, 4) is 11.5 Å². The van der Waals surface area contributed by atoms with Gasteiger partial charge < -0.3 is 15.5 Å². The molecule has 8 nitrogen and oxygen atoms in total. The molecule has 3 amide bonds. The van der Waals surface area contributed by atoms with Crippen LogP contribution in [0.1, 0.15) is 16.7 Å². The molecule has 4 atom stereocenters. The molecule has 9 heteroatoms. The van der Waals surface area contributed by atoms with E-state index in [1.54, 1.807) is 6.07 Å². The van der Waals surface area contributed by atoms with E-state index in [0.29, 0.717) is 16.8 Å². The van der Waals surface area contributed by atoms with Gasteiger partial charge in [-0.1, -0.05) is 36.4 Å². The van der Waals surface area contributed by atoms with Gasteiger partial charge in [-0.25, -0.2) is 4.39 Å². The Morgan fingerprint density at radius 2 is 1.67 bits per heavy atom. The molecule has 3 aromatic rings. The van der Waals surface area contributed by atoms with Crippen LogP contribution in [0.3, 0.4) is 0 Å². The summed E-state index contributed by atoms with van der Waals surface area (Å²) in [6, 6.07) is 16.6. The molecule has 1 spiro atoms. The topological polar surface area (TPSA) is 119 Å². The second kappa shape index (κ2) is 7.89. The largest absolute Gasteiger partial charge is 0.504 e. The van der Waals surface area contributed by atoms with E-state index in [1.165, 1.54) is 35.2 Å². The number of likely N-dealkylation sites (tertiary alicyclic amines) is 1. The SMILES string of the molecule is O=C1[C@H]2[C@@H](C(=O)N1Cc1ccccc1)[C@]1(N[C@@H]2Cc2ccc(O)c(O)c2)C(=O)Nc2ccc(F)cc21. The van der Waals surface area contributed by atoms with Gasteiger partial charge in [-0.3, -0.25) is 24.6 Å². The van der Waals surface area contributed by atoms with E-state index in [1.807, 2.05) is 30.3 Å². The maximum absolute atomic E-state index is 14.4. The number of imide groups is 1. The number of fused-ring (bicyclic) bond motifs is 4. The van der Waals surface area contributed by atoms with Crippen molar-refractivity contribution < 1.29 is 29.0 Å². The molecular weight excluding hydrogens is 465 g/mol. The van der Waals surface area contributed by atoms with Gasteiger partial charge in [0.2, 0.25) is 17.7 Å². The Bertz CT molecular complexity index is 1430. The van der Waals surface area contributed by atoms with Crippen molar-refractivity contribution in [1.29, 1.82) is 0 Å². The average molecular weight is 487 g/mol. The van der Waals surface area contributed by atoms with Gasteiger partial charge in [-0.2, -0.15) is 0 Å². The zero-order chi connectivity index (χ0) is 25.2. The van der Waals surface area contributed by atoms with Crippen LogP contribution >= 0.6 is 0 Å². The lowest BCUT2D eigenvalue weighted by atomic mass is 9.76. The molecule has 3 heterocycles. The number of benzene rings is 3. The Morgan fingerprint density at radius 1 is 0.889 bits per heavy atom. The van der Waals surface area contributed by atoms with E-state index in [-0.39, 0.29) is 24.5 Å². The number of rotatable bonds is 4. The fourth-order valence-electron chi connectivity index (χ4n) is 5.88. The van der Waals surface area contributed by atoms with Crippen LogP contribution in [0.4, 0.5) is 10.1 Å².